The Hall–Kier alpha value is -2.03. The summed E-state index contributed by atoms with van der Waals surface area (Å²) in [6.45, 7) is 5.30. The predicted molar refractivity (Wildman–Crippen MR) is 117 cm³/mol. The number of aryl methyl sites for hydroxylation is 1. The minimum atomic E-state index is -3.88. The lowest BCUT2D eigenvalue weighted by Gasteiger charge is -2.23. The number of nitrogens with one attached hydrogen (secondary N) is 1. The van der Waals surface area contributed by atoms with Crippen molar-refractivity contribution < 1.29 is 17.9 Å². The van der Waals surface area contributed by atoms with Gasteiger partial charge in [0.25, 0.3) is 0 Å². The van der Waals surface area contributed by atoms with Gasteiger partial charge in [0.2, 0.25) is 15.9 Å². The average Bonchev–Trinajstić information content (AvgIpc) is 2.71. The van der Waals surface area contributed by atoms with E-state index < -0.39 is 10.0 Å². The van der Waals surface area contributed by atoms with Gasteiger partial charge in [-0.2, -0.15) is 4.31 Å². The van der Waals surface area contributed by atoms with E-state index in [2.05, 4.69) is 5.32 Å². The first kappa shape index (κ1) is 23.3. The van der Waals surface area contributed by atoms with Crippen LogP contribution in [-0.2, 0) is 14.8 Å². The van der Waals surface area contributed by atoms with E-state index in [4.69, 9.17) is 4.74 Å². The largest absolute Gasteiger partial charge is 0.495 e. The number of hydrogen-bond donors (Lipinski definition) is 1. The van der Waals surface area contributed by atoms with E-state index in [0.29, 0.717) is 0 Å². The highest BCUT2D eigenvalue weighted by atomic mass is 32.2. The fourth-order valence-corrected chi connectivity index (χ4v) is 4.97. The van der Waals surface area contributed by atoms with Gasteiger partial charge in [0.15, 0.2) is 0 Å². The summed E-state index contributed by atoms with van der Waals surface area (Å²) in [5.41, 5.74) is 1.76. The molecule has 0 bridgehead atoms. The Balaban J connectivity index is 2.15. The maximum absolute atomic E-state index is 13.1. The van der Waals surface area contributed by atoms with Crippen LogP contribution >= 0.6 is 11.8 Å². The van der Waals surface area contributed by atoms with Crippen molar-refractivity contribution in [1.82, 2.24) is 9.62 Å². The molecule has 0 aliphatic heterocycles. The van der Waals surface area contributed by atoms with Gasteiger partial charge in [-0.1, -0.05) is 25.1 Å². The summed E-state index contributed by atoms with van der Waals surface area (Å²) in [6, 6.07) is 12.6. The molecule has 1 N–H and O–H groups in total. The van der Waals surface area contributed by atoms with Crippen LogP contribution < -0.4 is 10.1 Å². The molecule has 0 heterocycles. The van der Waals surface area contributed by atoms with Gasteiger partial charge in [0, 0.05) is 11.4 Å². The third-order valence-electron chi connectivity index (χ3n) is 4.60. The zero-order chi connectivity index (χ0) is 21.6. The van der Waals surface area contributed by atoms with Crippen LogP contribution in [0.3, 0.4) is 0 Å². The van der Waals surface area contributed by atoms with Gasteiger partial charge < -0.3 is 10.1 Å². The standard InChI is InChI=1S/C21H28N2O4S2/c1-6-23(29(25,26)20-13-15(2)7-12-19(20)27-4)14-21(24)22-16(3)17-8-10-18(28-5)11-9-17/h7-13,16H,6,14H2,1-5H3,(H,22,24)/t16-/m0/s1. The molecule has 0 aliphatic rings. The fraction of sp³-hybridized carbons (Fsp3) is 0.381. The molecule has 0 spiro atoms. The van der Waals surface area contributed by atoms with Gasteiger partial charge in [-0.3, -0.25) is 4.79 Å². The first-order chi connectivity index (χ1) is 13.7. The van der Waals surface area contributed by atoms with Gasteiger partial charge in [-0.05, 0) is 55.5 Å². The van der Waals surface area contributed by atoms with Crippen molar-refractivity contribution in [2.45, 2.75) is 36.6 Å². The molecule has 0 fully saturated rings. The quantitative estimate of drug-likeness (QED) is 0.608. The molecule has 8 heteroatoms. The summed E-state index contributed by atoms with van der Waals surface area (Å²) in [6.07, 6.45) is 2.00. The third kappa shape index (κ3) is 5.74. The van der Waals surface area contributed by atoms with Crippen molar-refractivity contribution >= 4 is 27.7 Å². The van der Waals surface area contributed by atoms with Crippen LogP contribution in [0.2, 0.25) is 0 Å². The Morgan fingerprint density at radius 2 is 1.86 bits per heavy atom. The smallest absolute Gasteiger partial charge is 0.247 e. The summed E-state index contributed by atoms with van der Waals surface area (Å²) in [4.78, 5) is 13.8. The Labute approximate surface area is 177 Å². The van der Waals surface area contributed by atoms with Gasteiger partial charge in [-0.15, -0.1) is 11.8 Å². The van der Waals surface area contributed by atoms with E-state index in [-0.39, 0.29) is 35.7 Å². The van der Waals surface area contributed by atoms with Gasteiger partial charge in [0.1, 0.15) is 10.6 Å². The van der Waals surface area contributed by atoms with E-state index in [1.165, 1.54) is 7.11 Å². The van der Waals surface area contributed by atoms with Crippen LogP contribution in [0.5, 0.6) is 5.75 Å². The lowest BCUT2D eigenvalue weighted by atomic mass is 10.1. The zero-order valence-corrected chi connectivity index (χ0v) is 19.1. The summed E-state index contributed by atoms with van der Waals surface area (Å²) in [5.74, 6) is -0.0970. The maximum atomic E-state index is 13.1. The Kier molecular flexibility index (Phi) is 8.13. The number of benzene rings is 2. The lowest BCUT2D eigenvalue weighted by Crippen LogP contribution is -2.41. The van der Waals surface area contributed by atoms with Crippen LogP contribution in [0.1, 0.15) is 31.0 Å². The highest BCUT2D eigenvalue weighted by Crippen LogP contribution is 2.27. The van der Waals surface area contributed by atoms with Gasteiger partial charge in [0.05, 0.1) is 19.7 Å². The second kappa shape index (κ2) is 10.1. The highest BCUT2D eigenvalue weighted by molar-refractivity contribution is 7.98. The van der Waals surface area contributed by atoms with Crippen LogP contribution in [0.25, 0.3) is 0 Å². The minimum absolute atomic E-state index is 0.0651. The van der Waals surface area contributed by atoms with Gasteiger partial charge >= 0.3 is 0 Å². The van der Waals surface area contributed by atoms with E-state index in [1.807, 2.05) is 44.4 Å². The minimum Gasteiger partial charge on any atom is -0.495 e. The molecule has 158 valence electrons. The second-order valence-corrected chi connectivity index (χ2v) is 9.43. The van der Waals surface area contributed by atoms with E-state index >= 15 is 0 Å². The predicted octanol–water partition coefficient (Wildman–Crippen LogP) is 3.61. The van der Waals surface area contributed by atoms with Crippen LogP contribution in [0.15, 0.2) is 52.3 Å². The number of carbonyl (C=O) groups is 1. The van der Waals surface area contributed by atoms with Crippen LogP contribution in [0.4, 0.5) is 0 Å². The number of methoxy groups -OCH3 is 1. The van der Waals surface area contributed by atoms with Crippen molar-refractivity contribution in [3.8, 4) is 5.75 Å². The Bertz CT molecular complexity index is 944. The number of likely N-dealkylation sites (N-methyl/N-ethyl adjacent to an activating group) is 1. The maximum Gasteiger partial charge on any atom is 0.247 e. The summed E-state index contributed by atoms with van der Waals surface area (Å²) < 4.78 is 32.6. The molecule has 0 saturated heterocycles. The van der Waals surface area contributed by atoms with E-state index in [0.717, 1.165) is 20.3 Å². The van der Waals surface area contributed by atoms with Crippen molar-refractivity contribution in [2.75, 3.05) is 26.5 Å². The van der Waals surface area contributed by atoms with Crippen LogP contribution in [0, 0.1) is 6.92 Å². The highest BCUT2D eigenvalue weighted by Gasteiger charge is 2.28. The monoisotopic (exact) mass is 436 g/mol. The SMILES string of the molecule is CCN(CC(=O)N[C@@H](C)c1ccc(SC)cc1)S(=O)(=O)c1cc(C)ccc1OC. The average molecular weight is 437 g/mol. The molecule has 29 heavy (non-hydrogen) atoms. The Morgan fingerprint density at radius 1 is 1.21 bits per heavy atom. The van der Waals surface area contributed by atoms with Crippen molar-refractivity contribution in [2.24, 2.45) is 0 Å². The van der Waals surface area contributed by atoms with Gasteiger partial charge in [-0.25, -0.2) is 8.42 Å². The summed E-state index contributed by atoms with van der Waals surface area (Å²) in [5, 5.41) is 2.88. The van der Waals surface area contributed by atoms with E-state index in [9.17, 15) is 13.2 Å². The molecule has 0 aromatic heterocycles. The number of amides is 1. The molecule has 0 unspecified atom stereocenters. The van der Waals surface area contributed by atoms with Crippen molar-refractivity contribution in [3.63, 3.8) is 0 Å². The number of thioether (sulfide) groups is 1. The topological polar surface area (TPSA) is 75.7 Å². The molecule has 1 amide bonds. The van der Waals surface area contributed by atoms with Crippen molar-refractivity contribution in [3.05, 3.63) is 53.6 Å². The number of hydrogen-bond acceptors (Lipinski definition) is 5. The normalized spacial score (nSPS) is 12.6. The molecule has 2 aromatic carbocycles. The molecule has 6 nitrogen and oxygen atoms in total. The number of nitrogens with zero attached hydrogens (tertiary/aromatic N) is 1. The van der Waals surface area contributed by atoms with Crippen molar-refractivity contribution in [1.29, 1.82) is 0 Å². The van der Waals surface area contributed by atoms with Crippen LogP contribution in [-0.4, -0.2) is 45.1 Å². The van der Waals surface area contributed by atoms with E-state index in [1.54, 1.807) is 36.9 Å². The number of ether oxygens (including phenoxy) is 1. The molecule has 1 atom stereocenters. The first-order valence-corrected chi connectivity index (χ1v) is 12.0. The Morgan fingerprint density at radius 3 is 2.41 bits per heavy atom. The molecule has 0 radical (unpaired) electrons. The zero-order valence-electron chi connectivity index (χ0n) is 17.4. The molecule has 2 aromatic rings. The molecule has 0 aliphatic carbocycles. The molecular formula is C21H28N2O4S2. The molecular weight excluding hydrogens is 408 g/mol. The summed E-state index contributed by atoms with van der Waals surface area (Å²) >= 11 is 1.65. The molecule has 0 saturated carbocycles. The number of rotatable bonds is 9. The second-order valence-electron chi connectivity index (χ2n) is 6.65. The summed E-state index contributed by atoms with van der Waals surface area (Å²) in [7, 11) is -2.45. The first-order valence-electron chi connectivity index (χ1n) is 9.31. The number of sulfonamides is 1. The lowest BCUT2D eigenvalue weighted by molar-refractivity contribution is -0.121. The fourth-order valence-electron chi connectivity index (χ4n) is 2.91. The molecule has 2 rings (SSSR count). The number of carbonyl (C=O) groups excluding carboxylic acids is 1. The third-order valence-corrected chi connectivity index (χ3v) is 7.29.